The minimum atomic E-state index is -0.458. The summed E-state index contributed by atoms with van der Waals surface area (Å²) in [5.74, 6) is 0.597. The molecule has 4 nitrogen and oxygen atoms in total. The number of hydrogen-bond donors (Lipinski definition) is 1. The summed E-state index contributed by atoms with van der Waals surface area (Å²) < 4.78 is 10.9. The third-order valence-electron chi connectivity index (χ3n) is 3.83. The summed E-state index contributed by atoms with van der Waals surface area (Å²) in [5.41, 5.74) is 2.14. The van der Waals surface area contributed by atoms with Crippen LogP contribution in [0.3, 0.4) is 0 Å². The molecule has 2 aliphatic heterocycles. The second-order valence-electron chi connectivity index (χ2n) is 5.28. The summed E-state index contributed by atoms with van der Waals surface area (Å²) in [6.07, 6.45) is 0.728. The van der Waals surface area contributed by atoms with Crippen molar-refractivity contribution < 1.29 is 14.3 Å². The Hall–Kier alpha value is -1.97. The lowest BCUT2D eigenvalue weighted by Crippen LogP contribution is -2.54. The molecule has 1 N–H and O–H groups in total. The molecule has 2 heterocycles. The number of fused-ring (bicyclic) bond motifs is 4. The van der Waals surface area contributed by atoms with E-state index in [9.17, 15) is 4.79 Å². The van der Waals surface area contributed by atoms with Crippen molar-refractivity contribution in [1.82, 2.24) is 5.32 Å². The van der Waals surface area contributed by atoms with Gasteiger partial charge in [0.15, 0.2) is 5.72 Å². The molecule has 1 aromatic rings. The smallest absolute Gasteiger partial charge is 0.336 e. The van der Waals surface area contributed by atoms with Gasteiger partial charge in [0.1, 0.15) is 5.75 Å². The normalized spacial score (nSPS) is 28.1. The van der Waals surface area contributed by atoms with Crippen LogP contribution in [0.4, 0.5) is 0 Å². The van der Waals surface area contributed by atoms with Crippen LogP contribution in [0.15, 0.2) is 35.5 Å². The highest BCUT2D eigenvalue weighted by Crippen LogP contribution is 2.47. The first-order chi connectivity index (χ1) is 9.04. The van der Waals surface area contributed by atoms with Crippen LogP contribution < -0.4 is 10.1 Å². The number of carbonyl (C=O) groups is 1. The van der Waals surface area contributed by atoms with Crippen molar-refractivity contribution in [2.75, 3.05) is 7.11 Å². The minimum Gasteiger partial charge on any atom is -0.468 e. The summed E-state index contributed by atoms with van der Waals surface area (Å²) >= 11 is 0. The lowest BCUT2D eigenvalue weighted by molar-refractivity contribution is -0.137. The number of para-hydroxylation sites is 1. The number of methoxy groups -OCH3 is 1. The van der Waals surface area contributed by atoms with Crippen molar-refractivity contribution in [3.63, 3.8) is 0 Å². The summed E-state index contributed by atoms with van der Waals surface area (Å²) in [5, 5.41) is 3.29. The molecule has 0 spiro atoms. The van der Waals surface area contributed by atoms with Crippen LogP contribution in [-0.2, 0) is 9.53 Å². The van der Waals surface area contributed by atoms with Crippen molar-refractivity contribution in [1.29, 1.82) is 0 Å². The van der Waals surface area contributed by atoms with E-state index in [1.165, 1.54) is 7.11 Å². The summed E-state index contributed by atoms with van der Waals surface area (Å²) in [7, 11) is 1.42. The number of allylic oxidation sites excluding steroid dienone is 1. The molecule has 0 unspecified atom stereocenters. The third kappa shape index (κ3) is 1.79. The van der Waals surface area contributed by atoms with Gasteiger partial charge in [0, 0.05) is 23.6 Å². The molecule has 0 saturated heterocycles. The number of benzene rings is 1. The zero-order chi connectivity index (χ0) is 13.6. The maximum absolute atomic E-state index is 12.0. The van der Waals surface area contributed by atoms with Crippen LogP contribution in [0, 0.1) is 0 Å². The molecule has 0 aliphatic carbocycles. The van der Waals surface area contributed by atoms with Crippen molar-refractivity contribution in [2.45, 2.75) is 31.9 Å². The molecule has 19 heavy (non-hydrogen) atoms. The summed E-state index contributed by atoms with van der Waals surface area (Å²) in [6.45, 7) is 3.90. The quantitative estimate of drug-likeness (QED) is 0.786. The van der Waals surface area contributed by atoms with Crippen molar-refractivity contribution in [3.8, 4) is 5.75 Å². The Morgan fingerprint density at radius 1 is 1.47 bits per heavy atom. The zero-order valence-corrected chi connectivity index (χ0v) is 11.3. The van der Waals surface area contributed by atoms with E-state index in [-0.39, 0.29) is 11.9 Å². The molecular weight excluding hydrogens is 242 g/mol. The van der Waals surface area contributed by atoms with E-state index in [4.69, 9.17) is 9.47 Å². The molecule has 4 heteroatoms. The van der Waals surface area contributed by atoms with Gasteiger partial charge >= 0.3 is 5.97 Å². The average molecular weight is 259 g/mol. The fraction of sp³-hybridized carbons (Fsp3) is 0.400. The van der Waals surface area contributed by atoms with Crippen LogP contribution in [0.25, 0.3) is 0 Å². The first-order valence-corrected chi connectivity index (χ1v) is 6.39. The highest BCUT2D eigenvalue weighted by molar-refractivity contribution is 5.91. The van der Waals surface area contributed by atoms with E-state index in [1.807, 2.05) is 38.1 Å². The second-order valence-corrected chi connectivity index (χ2v) is 5.28. The number of hydrogen-bond acceptors (Lipinski definition) is 4. The van der Waals surface area contributed by atoms with Crippen LogP contribution in [0.2, 0.25) is 0 Å². The molecule has 2 bridgehead atoms. The standard InChI is InChI=1S/C15H17NO3/c1-9-13(14(17)18-3)11-8-15(2,16-9)19-12-7-5-4-6-10(11)12/h4-7,11,16H,8H2,1-3H3/t11-,15-/m0/s1. The largest absolute Gasteiger partial charge is 0.468 e. The molecule has 0 aromatic heterocycles. The van der Waals surface area contributed by atoms with Crippen LogP contribution in [-0.4, -0.2) is 18.8 Å². The van der Waals surface area contributed by atoms with Gasteiger partial charge in [-0.2, -0.15) is 0 Å². The summed E-state index contributed by atoms with van der Waals surface area (Å²) in [4.78, 5) is 12.0. The topological polar surface area (TPSA) is 47.6 Å². The fourth-order valence-electron chi connectivity index (χ4n) is 3.11. The summed E-state index contributed by atoms with van der Waals surface area (Å²) in [6, 6.07) is 7.87. The molecule has 3 rings (SSSR count). The molecule has 100 valence electrons. The van der Waals surface area contributed by atoms with Gasteiger partial charge in [-0.3, -0.25) is 0 Å². The Morgan fingerprint density at radius 2 is 2.21 bits per heavy atom. The average Bonchev–Trinajstić information content (AvgIpc) is 2.37. The van der Waals surface area contributed by atoms with Crippen LogP contribution >= 0.6 is 0 Å². The molecule has 1 aromatic carbocycles. The van der Waals surface area contributed by atoms with Gasteiger partial charge in [-0.25, -0.2) is 4.79 Å². The number of nitrogens with one attached hydrogen (secondary N) is 1. The molecule has 0 radical (unpaired) electrons. The predicted octanol–water partition coefficient (Wildman–Crippen LogP) is 2.32. The zero-order valence-electron chi connectivity index (χ0n) is 11.3. The highest BCUT2D eigenvalue weighted by Gasteiger charge is 2.45. The fourth-order valence-corrected chi connectivity index (χ4v) is 3.11. The van der Waals surface area contributed by atoms with Crippen LogP contribution in [0.1, 0.15) is 31.7 Å². The Bertz CT molecular complexity index is 579. The number of esters is 1. The van der Waals surface area contributed by atoms with Gasteiger partial charge in [-0.05, 0) is 19.9 Å². The Balaban J connectivity index is 2.17. The Labute approximate surface area is 112 Å². The van der Waals surface area contributed by atoms with Crippen molar-refractivity contribution in [2.24, 2.45) is 0 Å². The first kappa shape index (κ1) is 12.1. The van der Waals surface area contributed by atoms with E-state index in [0.717, 1.165) is 23.4 Å². The van der Waals surface area contributed by atoms with Gasteiger partial charge in [0.05, 0.1) is 12.7 Å². The van der Waals surface area contributed by atoms with Gasteiger partial charge in [0.2, 0.25) is 0 Å². The van der Waals surface area contributed by atoms with E-state index in [0.29, 0.717) is 5.57 Å². The molecule has 2 atom stereocenters. The maximum Gasteiger partial charge on any atom is 0.336 e. The molecular formula is C15H17NO3. The predicted molar refractivity (Wildman–Crippen MR) is 70.7 cm³/mol. The van der Waals surface area contributed by atoms with Gasteiger partial charge < -0.3 is 14.8 Å². The van der Waals surface area contributed by atoms with Crippen molar-refractivity contribution >= 4 is 5.97 Å². The number of rotatable bonds is 1. The van der Waals surface area contributed by atoms with E-state index >= 15 is 0 Å². The Morgan fingerprint density at radius 3 is 2.95 bits per heavy atom. The Kier molecular flexibility index (Phi) is 2.55. The first-order valence-electron chi connectivity index (χ1n) is 6.39. The molecule has 2 aliphatic rings. The maximum atomic E-state index is 12.0. The van der Waals surface area contributed by atoms with E-state index < -0.39 is 5.72 Å². The van der Waals surface area contributed by atoms with Crippen molar-refractivity contribution in [3.05, 3.63) is 41.1 Å². The number of ether oxygens (including phenoxy) is 2. The minimum absolute atomic E-state index is 0.0312. The molecule has 0 fully saturated rings. The third-order valence-corrected chi connectivity index (χ3v) is 3.83. The lowest BCUT2D eigenvalue weighted by Gasteiger charge is -2.45. The van der Waals surface area contributed by atoms with Crippen LogP contribution in [0.5, 0.6) is 5.75 Å². The monoisotopic (exact) mass is 259 g/mol. The lowest BCUT2D eigenvalue weighted by atomic mass is 9.78. The van der Waals surface area contributed by atoms with E-state index in [2.05, 4.69) is 5.32 Å². The van der Waals surface area contributed by atoms with Gasteiger partial charge in [-0.1, -0.05) is 18.2 Å². The van der Waals surface area contributed by atoms with E-state index in [1.54, 1.807) is 0 Å². The molecule has 0 saturated carbocycles. The van der Waals surface area contributed by atoms with Gasteiger partial charge in [-0.15, -0.1) is 0 Å². The highest BCUT2D eigenvalue weighted by atomic mass is 16.5. The number of carbonyl (C=O) groups excluding carboxylic acids is 1. The second kappa shape index (κ2) is 4.02. The van der Waals surface area contributed by atoms with Gasteiger partial charge in [0.25, 0.3) is 0 Å². The molecule has 0 amide bonds. The SMILES string of the molecule is COC(=O)C1=C(C)N[C@]2(C)C[C@H]1c1ccccc1O2.